The van der Waals surface area contributed by atoms with Gasteiger partial charge < -0.3 is 5.32 Å². The highest BCUT2D eigenvalue weighted by Gasteiger charge is 2.15. The van der Waals surface area contributed by atoms with Gasteiger partial charge in [0.15, 0.2) is 0 Å². The molecule has 0 amide bonds. The third kappa shape index (κ3) is 4.02. The Kier molecular flexibility index (Phi) is 5.50. The van der Waals surface area contributed by atoms with Gasteiger partial charge in [-0.1, -0.05) is 24.6 Å². The average molecular weight is 293 g/mol. The Balaban J connectivity index is 2.12. The fourth-order valence-electron chi connectivity index (χ4n) is 2.23. The van der Waals surface area contributed by atoms with Gasteiger partial charge in [0.05, 0.1) is 0 Å². The van der Waals surface area contributed by atoms with Crippen LogP contribution in [0.15, 0.2) is 42.6 Å². The maximum atomic E-state index is 13.4. The zero-order valence-corrected chi connectivity index (χ0v) is 12.2. The van der Waals surface area contributed by atoms with Gasteiger partial charge in [0.2, 0.25) is 0 Å². The highest BCUT2D eigenvalue weighted by molar-refractivity contribution is 6.31. The molecular weight excluding hydrogens is 275 g/mol. The van der Waals surface area contributed by atoms with Gasteiger partial charge in [-0.3, -0.25) is 4.98 Å². The summed E-state index contributed by atoms with van der Waals surface area (Å²) in [6.45, 7) is 2.83. The minimum absolute atomic E-state index is 0.0326. The number of hydrogen-bond acceptors (Lipinski definition) is 2. The van der Waals surface area contributed by atoms with Crippen molar-refractivity contribution in [2.45, 2.75) is 25.8 Å². The van der Waals surface area contributed by atoms with Crippen LogP contribution in [0.2, 0.25) is 5.02 Å². The van der Waals surface area contributed by atoms with Gasteiger partial charge in [0.25, 0.3) is 0 Å². The molecule has 1 aromatic heterocycles. The molecule has 0 aliphatic heterocycles. The van der Waals surface area contributed by atoms with Gasteiger partial charge in [-0.25, -0.2) is 4.39 Å². The van der Waals surface area contributed by atoms with E-state index in [2.05, 4.69) is 10.3 Å². The normalized spacial score (nSPS) is 12.3. The molecule has 1 aromatic carbocycles. The monoisotopic (exact) mass is 292 g/mol. The van der Waals surface area contributed by atoms with Gasteiger partial charge in [-0.15, -0.1) is 0 Å². The predicted molar refractivity (Wildman–Crippen MR) is 80.4 cm³/mol. The van der Waals surface area contributed by atoms with Crippen molar-refractivity contribution in [2.75, 3.05) is 6.54 Å². The molecule has 20 heavy (non-hydrogen) atoms. The van der Waals surface area contributed by atoms with E-state index in [1.165, 1.54) is 12.1 Å². The van der Waals surface area contributed by atoms with Crippen LogP contribution < -0.4 is 5.32 Å². The lowest BCUT2D eigenvalue weighted by molar-refractivity contribution is 0.508. The fourth-order valence-corrected chi connectivity index (χ4v) is 2.48. The molecule has 0 spiro atoms. The van der Waals surface area contributed by atoms with E-state index in [9.17, 15) is 4.39 Å². The van der Waals surface area contributed by atoms with Crippen LogP contribution in [-0.4, -0.2) is 11.5 Å². The molecule has 1 unspecified atom stereocenters. The van der Waals surface area contributed by atoms with Crippen LogP contribution in [0, 0.1) is 5.82 Å². The van der Waals surface area contributed by atoms with Crippen molar-refractivity contribution in [3.05, 3.63) is 64.7 Å². The van der Waals surface area contributed by atoms with E-state index < -0.39 is 0 Å². The van der Waals surface area contributed by atoms with Crippen molar-refractivity contribution < 1.29 is 4.39 Å². The Labute approximate surface area is 124 Å². The number of benzene rings is 1. The number of nitrogens with zero attached hydrogens (tertiary/aromatic N) is 1. The van der Waals surface area contributed by atoms with Crippen molar-refractivity contribution in [1.82, 2.24) is 10.3 Å². The van der Waals surface area contributed by atoms with Crippen molar-refractivity contribution in [3.8, 4) is 0 Å². The second-order valence-electron chi connectivity index (χ2n) is 4.64. The molecule has 2 rings (SSSR count). The minimum atomic E-state index is -0.259. The molecule has 1 atom stereocenters. The van der Waals surface area contributed by atoms with E-state index in [1.54, 1.807) is 12.3 Å². The summed E-state index contributed by atoms with van der Waals surface area (Å²) in [5.74, 6) is -0.259. The molecule has 0 bridgehead atoms. The summed E-state index contributed by atoms with van der Waals surface area (Å²) in [6, 6.07) is 10.4. The van der Waals surface area contributed by atoms with Crippen LogP contribution in [0.25, 0.3) is 0 Å². The Hall–Kier alpha value is -1.45. The van der Waals surface area contributed by atoms with Gasteiger partial charge in [-0.2, -0.15) is 0 Å². The highest BCUT2D eigenvalue weighted by Crippen LogP contribution is 2.27. The van der Waals surface area contributed by atoms with Gasteiger partial charge in [-0.05, 0) is 55.3 Å². The Morgan fingerprint density at radius 2 is 2.15 bits per heavy atom. The van der Waals surface area contributed by atoms with E-state index in [4.69, 9.17) is 11.6 Å². The summed E-state index contributed by atoms with van der Waals surface area (Å²) in [4.78, 5) is 4.31. The Morgan fingerprint density at radius 1 is 1.30 bits per heavy atom. The number of aromatic nitrogens is 1. The van der Waals surface area contributed by atoms with Crippen LogP contribution in [0.1, 0.15) is 30.6 Å². The van der Waals surface area contributed by atoms with Crippen LogP contribution in [0.5, 0.6) is 0 Å². The molecule has 1 heterocycles. The maximum absolute atomic E-state index is 13.4. The van der Waals surface area contributed by atoms with Crippen molar-refractivity contribution in [2.24, 2.45) is 0 Å². The number of aryl methyl sites for hydroxylation is 1. The quantitative estimate of drug-likeness (QED) is 0.865. The van der Waals surface area contributed by atoms with Crippen molar-refractivity contribution in [3.63, 3.8) is 0 Å². The molecule has 0 aliphatic rings. The van der Waals surface area contributed by atoms with Gasteiger partial charge >= 0.3 is 0 Å². The van der Waals surface area contributed by atoms with E-state index in [1.807, 2.05) is 25.1 Å². The summed E-state index contributed by atoms with van der Waals surface area (Å²) in [5.41, 5.74) is 1.84. The molecule has 4 heteroatoms. The summed E-state index contributed by atoms with van der Waals surface area (Å²) in [7, 11) is 0. The van der Waals surface area contributed by atoms with Crippen LogP contribution in [0.4, 0.5) is 4.39 Å². The summed E-state index contributed by atoms with van der Waals surface area (Å²) >= 11 is 6.19. The van der Waals surface area contributed by atoms with Crippen LogP contribution in [-0.2, 0) is 6.42 Å². The molecular formula is C16H18ClFN2. The predicted octanol–water partition coefficient (Wildman–Crippen LogP) is 4.16. The maximum Gasteiger partial charge on any atom is 0.123 e. The fraction of sp³-hybridized carbons (Fsp3) is 0.312. The van der Waals surface area contributed by atoms with E-state index >= 15 is 0 Å². The van der Waals surface area contributed by atoms with Crippen LogP contribution in [0.3, 0.4) is 0 Å². The third-order valence-corrected chi connectivity index (χ3v) is 3.54. The zero-order chi connectivity index (χ0) is 14.4. The lowest BCUT2D eigenvalue weighted by Gasteiger charge is -2.19. The molecule has 0 saturated heterocycles. The average Bonchev–Trinajstić information content (AvgIpc) is 2.47. The third-order valence-electron chi connectivity index (χ3n) is 3.20. The Morgan fingerprint density at radius 3 is 2.85 bits per heavy atom. The van der Waals surface area contributed by atoms with E-state index in [0.717, 1.165) is 30.6 Å². The van der Waals surface area contributed by atoms with E-state index in [0.29, 0.717) is 5.02 Å². The molecule has 0 aliphatic carbocycles. The van der Waals surface area contributed by atoms with Crippen molar-refractivity contribution >= 4 is 11.6 Å². The first-order valence-electron chi connectivity index (χ1n) is 6.79. The smallest absolute Gasteiger partial charge is 0.123 e. The van der Waals surface area contributed by atoms with Gasteiger partial charge in [0.1, 0.15) is 5.82 Å². The number of hydrogen-bond donors (Lipinski definition) is 1. The second-order valence-corrected chi connectivity index (χ2v) is 5.04. The molecule has 2 aromatic rings. The summed E-state index contributed by atoms with van der Waals surface area (Å²) in [6.07, 6.45) is 3.44. The molecule has 2 nitrogen and oxygen atoms in total. The van der Waals surface area contributed by atoms with Crippen molar-refractivity contribution in [1.29, 1.82) is 0 Å². The standard InChI is InChI=1S/C16H18ClFN2/c1-2-19-16(9-7-13-5-3-4-10-20-13)14-11-12(18)6-8-15(14)17/h3-6,8,10-11,16,19H,2,7,9H2,1H3. The number of pyridine rings is 1. The second kappa shape index (κ2) is 7.36. The number of halogens is 2. The summed E-state index contributed by atoms with van der Waals surface area (Å²) in [5, 5.41) is 3.95. The minimum Gasteiger partial charge on any atom is -0.310 e. The number of nitrogens with one attached hydrogen (secondary N) is 1. The SMILES string of the molecule is CCNC(CCc1ccccn1)c1cc(F)ccc1Cl. The molecule has 0 radical (unpaired) electrons. The van der Waals surface area contributed by atoms with E-state index in [-0.39, 0.29) is 11.9 Å². The van der Waals surface area contributed by atoms with Crippen LogP contribution >= 0.6 is 11.6 Å². The highest BCUT2D eigenvalue weighted by atomic mass is 35.5. The first kappa shape index (κ1) is 14.9. The first-order valence-corrected chi connectivity index (χ1v) is 7.16. The molecule has 1 N–H and O–H groups in total. The lowest BCUT2D eigenvalue weighted by Crippen LogP contribution is -2.22. The van der Waals surface area contributed by atoms with Gasteiger partial charge in [0, 0.05) is 23.0 Å². The largest absolute Gasteiger partial charge is 0.310 e. The topological polar surface area (TPSA) is 24.9 Å². The zero-order valence-electron chi connectivity index (χ0n) is 11.4. The number of rotatable bonds is 6. The molecule has 106 valence electrons. The molecule has 0 fully saturated rings. The summed E-state index contributed by atoms with van der Waals surface area (Å²) < 4.78 is 13.4. The lowest BCUT2D eigenvalue weighted by atomic mass is 10.0. The molecule has 0 saturated carbocycles. The Bertz CT molecular complexity index is 545. The first-order chi connectivity index (χ1) is 9.70.